The lowest BCUT2D eigenvalue weighted by Gasteiger charge is -2.14. The van der Waals surface area contributed by atoms with Gasteiger partial charge in [-0.15, -0.1) is 11.3 Å². The third-order valence-corrected chi connectivity index (χ3v) is 4.63. The van der Waals surface area contributed by atoms with Gasteiger partial charge in [-0.2, -0.15) is 4.98 Å². The third kappa shape index (κ3) is 3.67. The maximum atomic E-state index is 4.45. The fraction of sp³-hybridized carbons (Fsp3) is 0.462. The second-order valence-corrected chi connectivity index (χ2v) is 6.31. The Morgan fingerprint density at radius 1 is 1.30 bits per heavy atom. The molecular weight excluding hydrogens is 338 g/mol. The molecule has 20 heavy (non-hydrogen) atoms. The van der Waals surface area contributed by atoms with Crippen LogP contribution in [-0.2, 0) is 6.42 Å². The van der Waals surface area contributed by atoms with Crippen molar-refractivity contribution < 1.29 is 0 Å². The minimum Gasteiger partial charge on any atom is -0.360 e. The molecule has 1 atom stereocenters. The SMILES string of the molecule is CCNc1ncc(Br)c(NC(C)c2ncc(CC)s2)n1. The highest BCUT2D eigenvalue weighted by Crippen LogP contribution is 2.27. The number of halogens is 1. The van der Waals surface area contributed by atoms with E-state index >= 15 is 0 Å². The number of nitrogens with one attached hydrogen (secondary N) is 2. The topological polar surface area (TPSA) is 62.7 Å². The van der Waals surface area contributed by atoms with E-state index in [1.165, 1.54) is 4.88 Å². The van der Waals surface area contributed by atoms with Crippen molar-refractivity contribution in [2.75, 3.05) is 17.2 Å². The van der Waals surface area contributed by atoms with E-state index < -0.39 is 0 Å². The summed E-state index contributed by atoms with van der Waals surface area (Å²) in [5, 5.41) is 7.54. The van der Waals surface area contributed by atoms with Gasteiger partial charge in [0, 0.05) is 23.8 Å². The number of thiazole rings is 1. The zero-order valence-corrected chi connectivity index (χ0v) is 14.2. The Morgan fingerprint density at radius 2 is 2.10 bits per heavy atom. The summed E-state index contributed by atoms with van der Waals surface area (Å²) >= 11 is 5.20. The zero-order chi connectivity index (χ0) is 14.5. The molecule has 2 aromatic rings. The Kier molecular flexibility index (Phi) is 5.31. The number of rotatable bonds is 6. The van der Waals surface area contributed by atoms with Crippen LogP contribution in [0.4, 0.5) is 11.8 Å². The van der Waals surface area contributed by atoms with E-state index in [0.717, 1.165) is 28.3 Å². The molecule has 2 rings (SSSR count). The number of hydrogen-bond acceptors (Lipinski definition) is 6. The average molecular weight is 356 g/mol. The monoisotopic (exact) mass is 355 g/mol. The molecule has 108 valence electrons. The van der Waals surface area contributed by atoms with Gasteiger partial charge in [0.2, 0.25) is 5.95 Å². The molecule has 0 radical (unpaired) electrons. The Labute approximate surface area is 131 Å². The van der Waals surface area contributed by atoms with Crippen LogP contribution in [0.5, 0.6) is 0 Å². The van der Waals surface area contributed by atoms with E-state index in [2.05, 4.69) is 55.4 Å². The van der Waals surface area contributed by atoms with Crippen LogP contribution >= 0.6 is 27.3 Å². The average Bonchev–Trinajstić information content (AvgIpc) is 2.92. The number of nitrogens with zero attached hydrogens (tertiary/aromatic N) is 3. The summed E-state index contributed by atoms with van der Waals surface area (Å²) in [7, 11) is 0. The molecule has 0 bridgehead atoms. The van der Waals surface area contributed by atoms with Gasteiger partial charge in [0.05, 0.1) is 10.5 Å². The molecule has 0 saturated carbocycles. The van der Waals surface area contributed by atoms with E-state index in [1.54, 1.807) is 17.5 Å². The molecule has 0 saturated heterocycles. The van der Waals surface area contributed by atoms with Crippen LogP contribution in [0.3, 0.4) is 0 Å². The summed E-state index contributed by atoms with van der Waals surface area (Å²) in [4.78, 5) is 14.4. The second-order valence-electron chi connectivity index (χ2n) is 4.30. The Balaban J connectivity index is 2.13. The number of anilines is 2. The molecule has 5 nitrogen and oxygen atoms in total. The third-order valence-electron chi connectivity index (χ3n) is 2.72. The van der Waals surface area contributed by atoms with Gasteiger partial charge < -0.3 is 10.6 Å². The Hall–Kier alpha value is -1.21. The molecule has 7 heteroatoms. The molecule has 0 aliphatic heterocycles. The van der Waals surface area contributed by atoms with Gasteiger partial charge in [0.1, 0.15) is 10.8 Å². The molecule has 0 spiro atoms. The van der Waals surface area contributed by atoms with Crippen molar-refractivity contribution in [2.45, 2.75) is 33.2 Å². The summed E-state index contributed by atoms with van der Waals surface area (Å²) in [6, 6.07) is 0.112. The molecular formula is C13H18BrN5S. The maximum Gasteiger partial charge on any atom is 0.224 e. The highest BCUT2D eigenvalue weighted by atomic mass is 79.9. The predicted molar refractivity (Wildman–Crippen MR) is 87.4 cm³/mol. The highest BCUT2D eigenvalue weighted by Gasteiger charge is 2.13. The van der Waals surface area contributed by atoms with Gasteiger partial charge in [-0.05, 0) is 36.2 Å². The molecule has 0 amide bonds. The Morgan fingerprint density at radius 3 is 2.75 bits per heavy atom. The quantitative estimate of drug-likeness (QED) is 0.823. The first-order chi connectivity index (χ1) is 9.63. The predicted octanol–water partition coefficient (Wildman–Crippen LogP) is 3.86. The van der Waals surface area contributed by atoms with Gasteiger partial charge in [0.15, 0.2) is 0 Å². The maximum absolute atomic E-state index is 4.45. The van der Waals surface area contributed by atoms with Crippen LogP contribution in [0.25, 0.3) is 0 Å². The Bertz CT molecular complexity index is 572. The first-order valence-corrected chi connectivity index (χ1v) is 8.22. The summed E-state index contributed by atoms with van der Waals surface area (Å²) in [6.45, 7) is 7.03. The van der Waals surface area contributed by atoms with E-state index in [4.69, 9.17) is 0 Å². The van der Waals surface area contributed by atoms with Crippen molar-refractivity contribution >= 4 is 39.0 Å². The van der Waals surface area contributed by atoms with E-state index in [0.29, 0.717) is 5.95 Å². The van der Waals surface area contributed by atoms with E-state index in [9.17, 15) is 0 Å². The van der Waals surface area contributed by atoms with Crippen LogP contribution in [0.1, 0.15) is 36.7 Å². The van der Waals surface area contributed by atoms with Crippen LogP contribution in [0.15, 0.2) is 16.9 Å². The van der Waals surface area contributed by atoms with E-state index in [1.807, 2.05) is 13.1 Å². The van der Waals surface area contributed by atoms with Crippen LogP contribution in [0.2, 0.25) is 0 Å². The summed E-state index contributed by atoms with van der Waals surface area (Å²) in [6.07, 6.45) is 4.71. The van der Waals surface area contributed by atoms with Crippen molar-refractivity contribution in [3.8, 4) is 0 Å². The minimum absolute atomic E-state index is 0.112. The lowest BCUT2D eigenvalue weighted by atomic mass is 10.3. The standard InChI is InChI=1S/C13H18BrN5S/c1-4-9-6-16-12(20-9)8(3)18-11-10(14)7-17-13(19-11)15-5-2/h6-8H,4-5H2,1-3H3,(H2,15,17,18,19). The first-order valence-electron chi connectivity index (χ1n) is 6.61. The van der Waals surface area contributed by atoms with Gasteiger partial charge >= 0.3 is 0 Å². The molecule has 2 N–H and O–H groups in total. The number of aryl methyl sites for hydroxylation is 1. The molecule has 1 unspecified atom stereocenters. The van der Waals surface area contributed by atoms with Crippen molar-refractivity contribution in [3.05, 3.63) is 26.8 Å². The van der Waals surface area contributed by atoms with Crippen LogP contribution in [-0.4, -0.2) is 21.5 Å². The normalized spacial score (nSPS) is 12.2. The van der Waals surface area contributed by atoms with Crippen molar-refractivity contribution in [1.29, 1.82) is 0 Å². The van der Waals surface area contributed by atoms with E-state index in [-0.39, 0.29) is 6.04 Å². The second kappa shape index (κ2) is 6.99. The molecule has 0 aliphatic rings. The van der Waals surface area contributed by atoms with Crippen molar-refractivity contribution in [3.63, 3.8) is 0 Å². The molecule has 0 aliphatic carbocycles. The number of hydrogen-bond donors (Lipinski definition) is 2. The van der Waals surface area contributed by atoms with Crippen molar-refractivity contribution in [2.24, 2.45) is 0 Å². The van der Waals surface area contributed by atoms with Crippen LogP contribution in [0, 0.1) is 0 Å². The molecule has 0 fully saturated rings. The minimum atomic E-state index is 0.112. The fourth-order valence-electron chi connectivity index (χ4n) is 1.66. The molecule has 2 heterocycles. The smallest absolute Gasteiger partial charge is 0.224 e. The summed E-state index contributed by atoms with van der Waals surface area (Å²) in [5.74, 6) is 1.40. The van der Waals surface area contributed by atoms with Gasteiger partial charge in [-0.3, -0.25) is 0 Å². The summed E-state index contributed by atoms with van der Waals surface area (Å²) in [5.41, 5.74) is 0. The lowest BCUT2D eigenvalue weighted by molar-refractivity contribution is 0.856. The fourth-order valence-corrected chi connectivity index (χ4v) is 2.83. The largest absolute Gasteiger partial charge is 0.360 e. The lowest BCUT2D eigenvalue weighted by Crippen LogP contribution is -2.10. The van der Waals surface area contributed by atoms with Crippen LogP contribution < -0.4 is 10.6 Å². The molecule has 0 aromatic carbocycles. The highest BCUT2D eigenvalue weighted by molar-refractivity contribution is 9.10. The van der Waals surface area contributed by atoms with Gasteiger partial charge in [-0.1, -0.05) is 6.92 Å². The zero-order valence-electron chi connectivity index (χ0n) is 11.8. The summed E-state index contributed by atoms with van der Waals surface area (Å²) < 4.78 is 0.846. The molecule has 2 aromatic heterocycles. The van der Waals surface area contributed by atoms with Gasteiger partial charge in [-0.25, -0.2) is 9.97 Å². The van der Waals surface area contributed by atoms with Gasteiger partial charge in [0.25, 0.3) is 0 Å². The first kappa shape index (κ1) is 15.2. The number of aromatic nitrogens is 3. The van der Waals surface area contributed by atoms with Crippen molar-refractivity contribution in [1.82, 2.24) is 15.0 Å².